The maximum atomic E-state index is 5.57. The molecule has 2 heterocycles. The molecule has 0 saturated carbocycles. The lowest BCUT2D eigenvalue weighted by Crippen LogP contribution is -1.97. The van der Waals surface area contributed by atoms with Crippen LogP contribution in [0.5, 0.6) is 0 Å². The van der Waals surface area contributed by atoms with E-state index in [9.17, 15) is 0 Å². The van der Waals surface area contributed by atoms with Crippen molar-refractivity contribution in [3.63, 3.8) is 0 Å². The second kappa shape index (κ2) is 5.17. The van der Waals surface area contributed by atoms with Gasteiger partial charge in [-0.05, 0) is 50.4 Å². The lowest BCUT2D eigenvalue weighted by atomic mass is 10.3. The summed E-state index contributed by atoms with van der Waals surface area (Å²) >= 11 is 1.72. The lowest BCUT2D eigenvalue weighted by Gasteiger charge is -2.07. The molecule has 102 valence electrons. The highest BCUT2D eigenvalue weighted by molar-refractivity contribution is 7.98. The van der Waals surface area contributed by atoms with E-state index < -0.39 is 0 Å². The molecule has 3 aromatic rings. The van der Waals surface area contributed by atoms with Gasteiger partial charge in [-0.1, -0.05) is 0 Å². The van der Waals surface area contributed by atoms with Crippen LogP contribution < -0.4 is 5.32 Å². The molecule has 0 atom stereocenters. The normalized spacial score (nSPS) is 10.9. The van der Waals surface area contributed by atoms with Gasteiger partial charge >= 0.3 is 0 Å². The summed E-state index contributed by atoms with van der Waals surface area (Å²) in [6.07, 6.45) is 2.06. The Hall–Kier alpha value is -2.01. The van der Waals surface area contributed by atoms with Gasteiger partial charge in [0.2, 0.25) is 5.71 Å². The number of nitrogens with one attached hydrogen (secondary N) is 1. The van der Waals surface area contributed by atoms with E-state index in [4.69, 9.17) is 4.42 Å². The highest BCUT2D eigenvalue weighted by Crippen LogP contribution is 2.27. The van der Waals surface area contributed by atoms with E-state index in [0.717, 1.165) is 22.7 Å². The van der Waals surface area contributed by atoms with Gasteiger partial charge in [0.1, 0.15) is 17.4 Å². The first-order chi connectivity index (χ1) is 9.65. The summed E-state index contributed by atoms with van der Waals surface area (Å²) in [7, 11) is 0. The number of aromatic nitrogens is 2. The van der Waals surface area contributed by atoms with Gasteiger partial charge in [-0.15, -0.1) is 11.8 Å². The largest absolute Gasteiger partial charge is 0.443 e. The van der Waals surface area contributed by atoms with Crippen LogP contribution in [0.2, 0.25) is 0 Å². The first kappa shape index (κ1) is 13.0. The van der Waals surface area contributed by atoms with Crippen molar-refractivity contribution < 1.29 is 4.42 Å². The Morgan fingerprint density at radius 3 is 2.55 bits per heavy atom. The molecule has 0 aliphatic heterocycles. The predicted molar refractivity (Wildman–Crippen MR) is 82.8 cm³/mol. The lowest BCUT2D eigenvalue weighted by molar-refractivity contribution is 0.566. The standard InChI is InChI=1S/C15H15N3OS/c1-9-8-13-14(16-10(2)17-15(13)19-9)18-11-4-6-12(20-3)7-5-11/h4-8H,1-3H3,(H,16,17,18). The topological polar surface area (TPSA) is 51.0 Å². The quantitative estimate of drug-likeness (QED) is 0.727. The molecule has 0 amide bonds. The van der Waals surface area contributed by atoms with Crippen molar-refractivity contribution >= 4 is 34.4 Å². The fourth-order valence-corrected chi connectivity index (χ4v) is 2.46. The number of rotatable bonds is 3. The van der Waals surface area contributed by atoms with E-state index in [1.807, 2.05) is 32.0 Å². The number of aryl methyl sites for hydroxylation is 2. The fourth-order valence-electron chi connectivity index (χ4n) is 2.05. The third kappa shape index (κ3) is 2.49. The fraction of sp³-hybridized carbons (Fsp3) is 0.200. The van der Waals surface area contributed by atoms with Gasteiger partial charge in [0, 0.05) is 10.6 Å². The Bertz CT molecular complexity index is 750. The van der Waals surface area contributed by atoms with Crippen molar-refractivity contribution in [3.05, 3.63) is 41.9 Å². The van der Waals surface area contributed by atoms with Crippen molar-refractivity contribution in [1.82, 2.24) is 9.97 Å². The van der Waals surface area contributed by atoms with Crippen LogP contribution in [-0.2, 0) is 0 Å². The molecule has 0 aliphatic carbocycles. The zero-order chi connectivity index (χ0) is 14.1. The molecule has 0 unspecified atom stereocenters. The minimum absolute atomic E-state index is 0.623. The van der Waals surface area contributed by atoms with Crippen molar-refractivity contribution in [2.24, 2.45) is 0 Å². The SMILES string of the molecule is CSc1ccc(Nc2nc(C)nc3oc(C)cc23)cc1. The number of hydrogen-bond acceptors (Lipinski definition) is 5. The van der Waals surface area contributed by atoms with Crippen LogP contribution >= 0.6 is 11.8 Å². The number of benzene rings is 1. The highest BCUT2D eigenvalue weighted by Gasteiger charge is 2.10. The van der Waals surface area contributed by atoms with Crippen LogP contribution in [0.4, 0.5) is 11.5 Å². The third-order valence-corrected chi connectivity index (χ3v) is 3.72. The zero-order valence-electron chi connectivity index (χ0n) is 11.6. The molecule has 4 nitrogen and oxygen atoms in total. The average Bonchev–Trinajstić information content (AvgIpc) is 2.80. The second-order valence-electron chi connectivity index (χ2n) is 4.55. The van der Waals surface area contributed by atoms with Crippen LogP contribution in [0.25, 0.3) is 11.1 Å². The summed E-state index contributed by atoms with van der Waals surface area (Å²) in [4.78, 5) is 10.0. The molecule has 1 aromatic carbocycles. The number of furan rings is 1. The number of hydrogen-bond donors (Lipinski definition) is 1. The van der Waals surface area contributed by atoms with Gasteiger partial charge in [0.05, 0.1) is 5.39 Å². The molecular weight excluding hydrogens is 270 g/mol. The number of anilines is 2. The molecule has 0 fully saturated rings. The Labute approximate surface area is 121 Å². The summed E-state index contributed by atoms with van der Waals surface area (Å²) in [5.74, 6) is 2.30. The minimum Gasteiger partial charge on any atom is -0.443 e. The second-order valence-corrected chi connectivity index (χ2v) is 5.43. The van der Waals surface area contributed by atoms with Crippen LogP contribution in [0.1, 0.15) is 11.6 Å². The monoisotopic (exact) mass is 285 g/mol. The van der Waals surface area contributed by atoms with Crippen molar-refractivity contribution in [2.45, 2.75) is 18.7 Å². The Morgan fingerprint density at radius 2 is 1.85 bits per heavy atom. The predicted octanol–water partition coefficient (Wildman–Crippen LogP) is 4.31. The average molecular weight is 285 g/mol. The molecule has 0 saturated heterocycles. The van der Waals surface area contributed by atoms with E-state index in [2.05, 4.69) is 33.7 Å². The summed E-state index contributed by atoms with van der Waals surface area (Å²) in [5.41, 5.74) is 1.62. The molecule has 0 spiro atoms. The number of thioether (sulfide) groups is 1. The van der Waals surface area contributed by atoms with E-state index >= 15 is 0 Å². The van der Waals surface area contributed by atoms with E-state index in [1.54, 1.807) is 11.8 Å². The van der Waals surface area contributed by atoms with Crippen LogP contribution in [-0.4, -0.2) is 16.2 Å². The Morgan fingerprint density at radius 1 is 1.10 bits per heavy atom. The summed E-state index contributed by atoms with van der Waals surface area (Å²) in [5, 5.41) is 4.24. The summed E-state index contributed by atoms with van der Waals surface area (Å²) in [6, 6.07) is 10.2. The summed E-state index contributed by atoms with van der Waals surface area (Å²) in [6.45, 7) is 3.77. The molecule has 0 aliphatic rings. The van der Waals surface area contributed by atoms with Gasteiger partial charge in [-0.25, -0.2) is 4.98 Å². The van der Waals surface area contributed by atoms with Crippen LogP contribution in [0.15, 0.2) is 39.6 Å². The van der Waals surface area contributed by atoms with Gasteiger partial charge in [0.15, 0.2) is 0 Å². The summed E-state index contributed by atoms with van der Waals surface area (Å²) < 4.78 is 5.57. The Balaban J connectivity index is 2.00. The first-order valence-corrected chi connectivity index (χ1v) is 7.54. The Kier molecular flexibility index (Phi) is 3.36. The number of nitrogens with zero attached hydrogens (tertiary/aromatic N) is 2. The molecule has 0 radical (unpaired) electrons. The molecule has 1 N–H and O–H groups in total. The zero-order valence-corrected chi connectivity index (χ0v) is 12.4. The van der Waals surface area contributed by atoms with Gasteiger partial charge in [0.25, 0.3) is 0 Å². The van der Waals surface area contributed by atoms with Gasteiger partial charge in [-0.2, -0.15) is 4.98 Å². The van der Waals surface area contributed by atoms with E-state index in [0.29, 0.717) is 11.5 Å². The maximum Gasteiger partial charge on any atom is 0.231 e. The van der Waals surface area contributed by atoms with Crippen molar-refractivity contribution in [3.8, 4) is 0 Å². The molecule has 3 rings (SSSR count). The number of fused-ring (bicyclic) bond motifs is 1. The molecule has 20 heavy (non-hydrogen) atoms. The van der Waals surface area contributed by atoms with Gasteiger partial charge < -0.3 is 9.73 Å². The van der Waals surface area contributed by atoms with Crippen molar-refractivity contribution in [2.75, 3.05) is 11.6 Å². The highest BCUT2D eigenvalue weighted by atomic mass is 32.2. The first-order valence-electron chi connectivity index (χ1n) is 6.31. The minimum atomic E-state index is 0.623. The molecule has 0 bridgehead atoms. The van der Waals surface area contributed by atoms with Gasteiger partial charge in [-0.3, -0.25) is 0 Å². The third-order valence-electron chi connectivity index (χ3n) is 2.98. The maximum absolute atomic E-state index is 5.57. The molecular formula is C15H15N3OS. The van der Waals surface area contributed by atoms with Crippen molar-refractivity contribution in [1.29, 1.82) is 0 Å². The molecule has 5 heteroatoms. The van der Waals surface area contributed by atoms with E-state index in [1.165, 1.54) is 4.90 Å². The molecule has 2 aromatic heterocycles. The van der Waals surface area contributed by atoms with Crippen LogP contribution in [0.3, 0.4) is 0 Å². The van der Waals surface area contributed by atoms with Crippen LogP contribution in [0, 0.1) is 13.8 Å². The smallest absolute Gasteiger partial charge is 0.231 e. The van der Waals surface area contributed by atoms with E-state index in [-0.39, 0.29) is 0 Å².